The van der Waals surface area contributed by atoms with Crippen LogP contribution in [0.1, 0.15) is 44.7 Å². The summed E-state index contributed by atoms with van der Waals surface area (Å²) in [6.45, 7) is 7.25. The number of carboxylic acid groups (broad SMARTS) is 1. The molecule has 8 heteroatoms. The zero-order valence-electron chi connectivity index (χ0n) is 20.4. The Balaban J connectivity index is 1.47. The van der Waals surface area contributed by atoms with Gasteiger partial charge in [-0.15, -0.1) is 0 Å². The van der Waals surface area contributed by atoms with Crippen molar-refractivity contribution in [3.05, 3.63) is 71.8 Å². The van der Waals surface area contributed by atoms with Crippen molar-refractivity contribution >= 4 is 18.0 Å². The Morgan fingerprint density at radius 1 is 1.03 bits per heavy atom. The summed E-state index contributed by atoms with van der Waals surface area (Å²) >= 11 is 0. The minimum absolute atomic E-state index is 0.0419. The van der Waals surface area contributed by atoms with Crippen LogP contribution in [0.4, 0.5) is 4.79 Å². The van der Waals surface area contributed by atoms with Crippen molar-refractivity contribution in [1.29, 1.82) is 0 Å². The molecule has 0 spiro atoms. The normalized spacial score (nSPS) is 14.6. The number of aliphatic carboxylic acids is 1. The lowest BCUT2D eigenvalue weighted by Crippen LogP contribution is -2.50. The number of carbonyl (C=O) groups is 3. The highest BCUT2D eigenvalue weighted by Crippen LogP contribution is 2.44. The lowest BCUT2D eigenvalue weighted by atomic mass is 9.98. The lowest BCUT2D eigenvalue weighted by Gasteiger charge is -2.29. The maximum Gasteiger partial charge on any atom is 0.407 e. The van der Waals surface area contributed by atoms with Gasteiger partial charge in [-0.2, -0.15) is 0 Å². The zero-order chi connectivity index (χ0) is 25.6. The van der Waals surface area contributed by atoms with Gasteiger partial charge in [0.2, 0.25) is 5.91 Å². The molecule has 0 radical (unpaired) electrons. The van der Waals surface area contributed by atoms with Crippen LogP contribution in [-0.4, -0.2) is 54.0 Å². The third kappa shape index (κ3) is 6.93. The molecule has 0 fully saturated rings. The number of benzene rings is 2. The van der Waals surface area contributed by atoms with Gasteiger partial charge in [0.1, 0.15) is 6.61 Å². The van der Waals surface area contributed by atoms with Gasteiger partial charge in [-0.05, 0) is 49.9 Å². The van der Waals surface area contributed by atoms with Crippen LogP contribution in [0.5, 0.6) is 0 Å². The number of carbonyl (C=O) groups excluding carboxylic acids is 2. The first kappa shape index (κ1) is 26.0. The van der Waals surface area contributed by atoms with Crippen LogP contribution in [-0.2, 0) is 19.1 Å². The van der Waals surface area contributed by atoms with Crippen molar-refractivity contribution in [2.45, 2.75) is 51.4 Å². The van der Waals surface area contributed by atoms with Crippen LogP contribution in [0.3, 0.4) is 0 Å². The SMILES string of the molecule is C[C@@H](OC(C)(C)C)[C@H](NC(=O)/C=C/CNC(=O)OCC1c2ccccc2-c2ccccc21)C(=O)O. The van der Waals surface area contributed by atoms with Gasteiger partial charge in [0.15, 0.2) is 6.04 Å². The molecule has 8 nitrogen and oxygen atoms in total. The summed E-state index contributed by atoms with van der Waals surface area (Å²) in [5.41, 5.74) is 3.98. The topological polar surface area (TPSA) is 114 Å². The lowest BCUT2D eigenvalue weighted by molar-refractivity contribution is -0.149. The first-order chi connectivity index (χ1) is 16.6. The van der Waals surface area contributed by atoms with Crippen molar-refractivity contribution in [2.75, 3.05) is 13.2 Å². The molecule has 0 unspecified atom stereocenters. The average molecular weight is 481 g/mol. The molecule has 1 aliphatic carbocycles. The van der Waals surface area contributed by atoms with Crippen LogP contribution in [0.15, 0.2) is 60.7 Å². The zero-order valence-corrected chi connectivity index (χ0v) is 20.4. The molecule has 2 atom stereocenters. The van der Waals surface area contributed by atoms with E-state index < -0.39 is 35.7 Å². The van der Waals surface area contributed by atoms with Crippen LogP contribution >= 0.6 is 0 Å². The molecule has 1 aliphatic rings. The summed E-state index contributed by atoms with van der Waals surface area (Å²) < 4.78 is 11.1. The van der Waals surface area contributed by atoms with Crippen LogP contribution in [0.2, 0.25) is 0 Å². The van der Waals surface area contributed by atoms with E-state index in [2.05, 4.69) is 22.8 Å². The molecule has 0 bridgehead atoms. The summed E-state index contributed by atoms with van der Waals surface area (Å²) in [4.78, 5) is 35.9. The minimum Gasteiger partial charge on any atom is -0.480 e. The Labute approximate surface area is 205 Å². The predicted octanol–water partition coefficient (Wildman–Crippen LogP) is 3.85. The van der Waals surface area contributed by atoms with Gasteiger partial charge < -0.3 is 25.2 Å². The fourth-order valence-electron chi connectivity index (χ4n) is 4.16. The quantitative estimate of drug-likeness (QED) is 0.470. The molecular formula is C27H32N2O6. The van der Waals surface area contributed by atoms with Gasteiger partial charge in [-0.25, -0.2) is 9.59 Å². The molecular weight excluding hydrogens is 448 g/mol. The minimum atomic E-state index is -1.21. The second-order valence-corrected chi connectivity index (χ2v) is 9.37. The Hall–Kier alpha value is -3.65. The summed E-state index contributed by atoms with van der Waals surface area (Å²) in [5.74, 6) is -1.84. The molecule has 186 valence electrons. The number of fused-ring (bicyclic) bond motifs is 3. The van der Waals surface area contributed by atoms with Crippen molar-refractivity contribution < 1.29 is 29.0 Å². The van der Waals surface area contributed by atoms with E-state index in [0.717, 1.165) is 22.3 Å². The van der Waals surface area contributed by atoms with Gasteiger partial charge in [-0.3, -0.25) is 4.79 Å². The Bertz CT molecular complexity index is 1060. The number of rotatable bonds is 9. The smallest absolute Gasteiger partial charge is 0.407 e. The molecule has 0 saturated carbocycles. The van der Waals surface area contributed by atoms with Gasteiger partial charge in [0, 0.05) is 18.5 Å². The van der Waals surface area contributed by atoms with E-state index in [0.29, 0.717) is 0 Å². The molecule has 0 aliphatic heterocycles. The average Bonchev–Trinajstić information content (AvgIpc) is 3.11. The van der Waals surface area contributed by atoms with E-state index in [4.69, 9.17) is 9.47 Å². The van der Waals surface area contributed by atoms with E-state index in [9.17, 15) is 19.5 Å². The molecule has 2 amide bonds. The third-order valence-electron chi connectivity index (χ3n) is 5.55. The van der Waals surface area contributed by atoms with E-state index in [1.807, 2.05) is 36.4 Å². The van der Waals surface area contributed by atoms with Crippen LogP contribution in [0, 0.1) is 0 Å². The maximum absolute atomic E-state index is 12.2. The highest BCUT2D eigenvalue weighted by atomic mass is 16.5. The standard InChI is InChI=1S/C27H32N2O6/c1-17(35-27(2,3)4)24(25(31)32)29-23(30)14-9-15-28-26(33)34-16-22-20-12-7-5-10-18(20)19-11-6-8-13-21(19)22/h5-14,17,22,24H,15-16H2,1-4H3,(H,28,33)(H,29,30)(H,31,32)/b14-9+/t17-,24+/m1/s1. The first-order valence-electron chi connectivity index (χ1n) is 11.5. The van der Waals surface area contributed by atoms with Gasteiger partial charge >= 0.3 is 12.1 Å². The van der Waals surface area contributed by atoms with Gasteiger partial charge in [0.25, 0.3) is 0 Å². The predicted molar refractivity (Wildman–Crippen MR) is 132 cm³/mol. The monoisotopic (exact) mass is 480 g/mol. The van der Waals surface area contributed by atoms with Crippen LogP contribution < -0.4 is 10.6 Å². The summed E-state index contributed by atoms with van der Waals surface area (Å²) in [5, 5.41) is 14.4. The first-order valence-corrected chi connectivity index (χ1v) is 11.5. The maximum atomic E-state index is 12.2. The van der Waals surface area contributed by atoms with E-state index in [1.54, 1.807) is 27.7 Å². The fraction of sp³-hybridized carbons (Fsp3) is 0.370. The number of ether oxygens (including phenoxy) is 2. The molecule has 0 heterocycles. The molecule has 35 heavy (non-hydrogen) atoms. The highest BCUT2D eigenvalue weighted by molar-refractivity contribution is 5.91. The van der Waals surface area contributed by atoms with E-state index >= 15 is 0 Å². The Morgan fingerprint density at radius 2 is 1.60 bits per heavy atom. The summed E-state index contributed by atoms with van der Waals surface area (Å²) in [6.07, 6.45) is 1.25. The molecule has 0 saturated heterocycles. The molecule has 3 N–H and O–H groups in total. The fourth-order valence-corrected chi connectivity index (χ4v) is 4.16. The van der Waals surface area contributed by atoms with Crippen molar-refractivity contribution in [3.8, 4) is 11.1 Å². The van der Waals surface area contributed by atoms with Crippen LogP contribution in [0.25, 0.3) is 11.1 Å². The summed E-state index contributed by atoms with van der Waals surface area (Å²) in [6, 6.07) is 14.9. The number of alkyl carbamates (subject to hydrolysis) is 1. The number of amides is 2. The third-order valence-corrected chi connectivity index (χ3v) is 5.55. The summed E-state index contributed by atoms with van der Waals surface area (Å²) in [7, 11) is 0. The Morgan fingerprint density at radius 3 is 2.14 bits per heavy atom. The molecule has 0 aromatic heterocycles. The number of hydrogen-bond donors (Lipinski definition) is 3. The van der Waals surface area contributed by atoms with Crippen molar-refractivity contribution in [1.82, 2.24) is 10.6 Å². The largest absolute Gasteiger partial charge is 0.480 e. The number of hydrogen-bond acceptors (Lipinski definition) is 5. The highest BCUT2D eigenvalue weighted by Gasteiger charge is 2.30. The second kappa shape index (κ2) is 11.2. The molecule has 3 rings (SSSR count). The van der Waals surface area contributed by atoms with Crippen molar-refractivity contribution in [2.24, 2.45) is 0 Å². The molecule has 2 aromatic rings. The van der Waals surface area contributed by atoms with Gasteiger partial charge in [-0.1, -0.05) is 54.6 Å². The number of nitrogens with one attached hydrogen (secondary N) is 2. The van der Waals surface area contributed by atoms with E-state index in [-0.39, 0.29) is 19.1 Å². The molecule has 2 aromatic carbocycles. The van der Waals surface area contributed by atoms with Gasteiger partial charge in [0.05, 0.1) is 11.7 Å². The second-order valence-electron chi connectivity index (χ2n) is 9.37. The van der Waals surface area contributed by atoms with E-state index in [1.165, 1.54) is 12.2 Å². The number of carboxylic acids is 1. The Kier molecular flexibility index (Phi) is 8.30. The van der Waals surface area contributed by atoms with Crippen molar-refractivity contribution in [3.63, 3.8) is 0 Å².